The van der Waals surface area contributed by atoms with Crippen molar-refractivity contribution in [3.05, 3.63) is 47.8 Å². The molecule has 0 fully saturated rings. The van der Waals surface area contributed by atoms with Crippen molar-refractivity contribution in [1.29, 1.82) is 0 Å². The number of hydrogen-bond acceptors (Lipinski definition) is 3. The Morgan fingerprint density at radius 1 is 1.30 bits per heavy atom. The molecule has 1 aromatic carbocycles. The number of fused-ring (bicyclic) bond motifs is 2. The van der Waals surface area contributed by atoms with Crippen LogP contribution in [0.2, 0.25) is 0 Å². The Morgan fingerprint density at radius 2 is 2.17 bits per heavy atom. The zero-order chi connectivity index (χ0) is 16.0. The normalized spacial score (nSPS) is 19.4. The van der Waals surface area contributed by atoms with E-state index in [9.17, 15) is 9.59 Å². The van der Waals surface area contributed by atoms with Crippen molar-refractivity contribution in [2.45, 2.75) is 19.5 Å². The van der Waals surface area contributed by atoms with Gasteiger partial charge in [-0.25, -0.2) is 0 Å². The molecule has 6 nitrogen and oxygen atoms in total. The molecule has 2 aliphatic rings. The minimum absolute atomic E-state index is 0.0156. The second-order valence-electron chi connectivity index (χ2n) is 5.85. The predicted octanol–water partition coefficient (Wildman–Crippen LogP) is 2.04. The zero-order valence-electron chi connectivity index (χ0n) is 12.8. The number of anilines is 1. The van der Waals surface area contributed by atoms with Crippen molar-refractivity contribution in [2.75, 3.05) is 18.5 Å². The number of amides is 2. The summed E-state index contributed by atoms with van der Waals surface area (Å²) in [4.78, 5) is 26.1. The number of carbonyl (C=O) groups is 2. The molecule has 2 aromatic rings. The molecular weight excluding hydrogens is 294 g/mol. The van der Waals surface area contributed by atoms with Crippen molar-refractivity contribution in [1.82, 2.24) is 9.47 Å². The van der Waals surface area contributed by atoms with E-state index >= 15 is 0 Å². The van der Waals surface area contributed by atoms with Crippen molar-refractivity contribution >= 4 is 17.5 Å². The number of rotatable bonds is 1. The first kappa shape index (κ1) is 13.9. The second-order valence-corrected chi connectivity index (χ2v) is 5.85. The lowest BCUT2D eigenvalue weighted by atomic mass is 10.1. The number of aromatic nitrogens is 1. The van der Waals surface area contributed by atoms with Gasteiger partial charge in [-0.3, -0.25) is 9.59 Å². The SMILES string of the molecule is C[C@H]1c2cccn2CCN1C(=O)c1ccc2c(c1)OCC(=O)N2. The number of nitrogens with one attached hydrogen (secondary N) is 1. The van der Waals surface area contributed by atoms with E-state index in [2.05, 4.69) is 16.0 Å². The first-order valence-electron chi connectivity index (χ1n) is 7.66. The molecule has 2 amide bonds. The summed E-state index contributed by atoms with van der Waals surface area (Å²) in [5.41, 5.74) is 2.33. The monoisotopic (exact) mass is 311 g/mol. The first-order chi connectivity index (χ1) is 11.1. The first-order valence-corrected chi connectivity index (χ1v) is 7.66. The van der Waals surface area contributed by atoms with E-state index < -0.39 is 0 Å². The van der Waals surface area contributed by atoms with Crippen molar-refractivity contribution in [2.24, 2.45) is 0 Å². The van der Waals surface area contributed by atoms with E-state index in [-0.39, 0.29) is 24.5 Å². The summed E-state index contributed by atoms with van der Waals surface area (Å²) in [5, 5.41) is 2.73. The van der Waals surface area contributed by atoms with Gasteiger partial charge in [0, 0.05) is 30.5 Å². The van der Waals surface area contributed by atoms with Crippen LogP contribution in [0.3, 0.4) is 0 Å². The molecule has 0 unspecified atom stereocenters. The van der Waals surface area contributed by atoms with Crippen LogP contribution in [0.15, 0.2) is 36.5 Å². The van der Waals surface area contributed by atoms with E-state index in [4.69, 9.17) is 4.74 Å². The largest absolute Gasteiger partial charge is 0.482 e. The zero-order valence-corrected chi connectivity index (χ0v) is 12.8. The number of hydrogen-bond donors (Lipinski definition) is 1. The van der Waals surface area contributed by atoms with Crippen LogP contribution in [0.25, 0.3) is 0 Å². The van der Waals surface area contributed by atoms with Gasteiger partial charge in [0.25, 0.3) is 11.8 Å². The molecular formula is C17H17N3O3. The molecule has 2 aliphatic heterocycles. The smallest absolute Gasteiger partial charge is 0.262 e. The Morgan fingerprint density at radius 3 is 3.04 bits per heavy atom. The topological polar surface area (TPSA) is 63.6 Å². The van der Waals surface area contributed by atoms with Gasteiger partial charge in [0.15, 0.2) is 6.61 Å². The molecule has 0 saturated carbocycles. The average Bonchev–Trinajstić information content (AvgIpc) is 3.03. The molecule has 0 aliphatic carbocycles. The highest BCUT2D eigenvalue weighted by Crippen LogP contribution is 2.31. The minimum atomic E-state index is -0.179. The van der Waals surface area contributed by atoms with Crippen LogP contribution in [-0.2, 0) is 11.3 Å². The highest BCUT2D eigenvalue weighted by atomic mass is 16.5. The maximum Gasteiger partial charge on any atom is 0.262 e. The van der Waals surface area contributed by atoms with Gasteiger partial charge in [-0.1, -0.05) is 0 Å². The van der Waals surface area contributed by atoms with Gasteiger partial charge in [0.2, 0.25) is 0 Å². The molecule has 0 saturated heterocycles. The highest BCUT2D eigenvalue weighted by Gasteiger charge is 2.29. The third-order valence-corrected chi connectivity index (χ3v) is 4.46. The van der Waals surface area contributed by atoms with Crippen LogP contribution in [-0.4, -0.2) is 34.4 Å². The molecule has 4 rings (SSSR count). The number of benzene rings is 1. The van der Waals surface area contributed by atoms with Gasteiger partial charge < -0.3 is 19.5 Å². The molecule has 1 N–H and O–H groups in total. The number of carbonyl (C=O) groups excluding carboxylic acids is 2. The maximum absolute atomic E-state index is 12.9. The van der Waals surface area contributed by atoms with Crippen LogP contribution >= 0.6 is 0 Å². The molecule has 0 spiro atoms. The van der Waals surface area contributed by atoms with Crippen LogP contribution in [0.1, 0.15) is 29.0 Å². The van der Waals surface area contributed by atoms with Gasteiger partial charge in [-0.2, -0.15) is 0 Å². The van der Waals surface area contributed by atoms with Gasteiger partial charge in [0.05, 0.1) is 11.7 Å². The summed E-state index contributed by atoms with van der Waals surface area (Å²) in [6.07, 6.45) is 2.04. The lowest BCUT2D eigenvalue weighted by molar-refractivity contribution is -0.118. The Kier molecular flexibility index (Phi) is 3.11. The standard InChI is InChI=1S/C17H17N3O3/c1-11-14-3-2-6-19(14)7-8-20(11)17(22)12-4-5-13-15(9-12)23-10-16(21)18-13/h2-6,9,11H,7-8,10H2,1H3,(H,18,21)/t11-/m0/s1. The van der Waals surface area contributed by atoms with Crippen molar-refractivity contribution in [3.8, 4) is 5.75 Å². The number of ether oxygens (including phenoxy) is 1. The summed E-state index contributed by atoms with van der Waals surface area (Å²) in [6.45, 7) is 3.50. The Balaban J connectivity index is 1.61. The third kappa shape index (κ3) is 2.27. The van der Waals surface area contributed by atoms with E-state index in [1.807, 2.05) is 24.1 Å². The summed E-state index contributed by atoms with van der Waals surface area (Å²) < 4.78 is 7.58. The van der Waals surface area contributed by atoms with Gasteiger partial charge >= 0.3 is 0 Å². The summed E-state index contributed by atoms with van der Waals surface area (Å²) in [6, 6.07) is 9.25. The van der Waals surface area contributed by atoms with Crippen LogP contribution in [0.5, 0.6) is 5.75 Å². The molecule has 1 atom stereocenters. The van der Waals surface area contributed by atoms with E-state index in [1.54, 1.807) is 18.2 Å². The van der Waals surface area contributed by atoms with Crippen LogP contribution in [0.4, 0.5) is 5.69 Å². The lowest BCUT2D eigenvalue weighted by Gasteiger charge is -2.35. The summed E-state index contributed by atoms with van der Waals surface area (Å²) in [5.74, 6) is 0.346. The fourth-order valence-corrected chi connectivity index (χ4v) is 3.23. The Labute approximate surface area is 133 Å². The lowest BCUT2D eigenvalue weighted by Crippen LogP contribution is -2.40. The molecule has 6 heteroatoms. The molecule has 0 bridgehead atoms. The van der Waals surface area contributed by atoms with Crippen molar-refractivity contribution in [3.63, 3.8) is 0 Å². The molecule has 0 radical (unpaired) electrons. The van der Waals surface area contributed by atoms with Crippen LogP contribution in [0, 0.1) is 0 Å². The second kappa shape index (κ2) is 5.15. The van der Waals surface area contributed by atoms with E-state index in [1.165, 1.54) is 0 Å². The quantitative estimate of drug-likeness (QED) is 0.876. The molecule has 1 aromatic heterocycles. The maximum atomic E-state index is 12.9. The molecule has 23 heavy (non-hydrogen) atoms. The fourth-order valence-electron chi connectivity index (χ4n) is 3.23. The van der Waals surface area contributed by atoms with E-state index in [0.29, 0.717) is 23.5 Å². The fraction of sp³-hybridized carbons (Fsp3) is 0.294. The highest BCUT2D eigenvalue weighted by molar-refractivity contribution is 5.99. The predicted molar refractivity (Wildman–Crippen MR) is 84.5 cm³/mol. The van der Waals surface area contributed by atoms with Gasteiger partial charge in [-0.15, -0.1) is 0 Å². The molecule has 118 valence electrons. The van der Waals surface area contributed by atoms with E-state index in [0.717, 1.165) is 12.2 Å². The van der Waals surface area contributed by atoms with Gasteiger partial charge in [-0.05, 0) is 37.3 Å². The van der Waals surface area contributed by atoms with Crippen LogP contribution < -0.4 is 10.1 Å². The van der Waals surface area contributed by atoms with Gasteiger partial charge in [0.1, 0.15) is 5.75 Å². The Bertz CT molecular complexity index is 796. The number of nitrogens with zero attached hydrogens (tertiary/aromatic N) is 2. The third-order valence-electron chi connectivity index (χ3n) is 4.46. The molecule has 3 heterocycles. The average molecular weight is 311 g/mol. The summed E-state index contributed by atoms with van der Waals surface area (Å²) >= 11 is 0. The minimum Gasteiger partial charge on any atom is -0.482 e. The Hall–Kier alpha value is -2.76. The summed E-state index contributed by atoms with van der Waals surface area (Å²) in [7, 11) is 0. The van der Waals surface area contributed by atoms with Crippen molar-refractivity contribution < 1.29 is 14.3 Å².